The van der Waals surface area contributed by atoms with Crippen molar-refractivity contribution in [3.8, 4) is 23.7 Å². The van der Waals surface area contributed by atoms with Crippen molar-refractivity contribution in [1.82, 2.24) is 4.90 Å². The molecule has 2 aliphatic rings. The summed E-state index contributed by atoms with van der Waals surface area (Å²) in [5.74, 6) is 13.7. The van der Waals surface area contributed by atoms with Gasteiger partial charge in [-0.1, -0.05) is 23.7 Å². The Labute approximate surface area is 172 Å². The summed E-state index contributed by atoms with van der Waals surface area (Å²) in [6.07, 6.45) is 4.07. The first kappa shape index (κ1) is 26.1. The summed E-state index contributed by atoms with van der Waals surface area (Å²) in [6.45, 7) is 28.7. The van der Waals surface area contributed by atoms with Crippen LogP contribution in [0.1, 0.15) is 102 Å². The molecule has 1 saturated carbocycles. The maximum atomic E-state index is 3.25. The van der Waals surface area contributed by atoms with Crippen molar-refractivity contribution in [2.75, 3.05) is 13.1 Å². The van der Waals surface area contributed by atoms with Crippen LogP contribution < -0.4 is 0 Å². The molecule has 0 aromatic carbocycles. The van der Waals surface area contributed by atoms with Crippen LogP contribution in [0.3, 0.4) is 0 Å². The fraction of sp³-hybridized carbons (Fsp3) is 0.846. The van der Waals surface area contributed by atoms with E-state index in [-0.39, 0.29) is 16.2 Å². The highest BCUT2D eigenvalue weighted by atomic mass is 15.2. The largest absolute Gasteiger partial charge is 0.298 e. The van der Waals surface area contributed by atoms with E-state index in [0.717, 1.165) is 5.92 Å². The van der Waals surface area contributed by atoms with Crippen molar-refractivity contribution in [3.63, 3.8) is 0 Å². The molecule has 0 unspecified atom stereocenters. The van der Waals surface area contributed by atoms with E-state index in [2.05, 4.69) is 112 Å². The normalized spacial score (nSPS) is 17.5. The van der Waals surface area contributed by atoms with Crippen LogP contribution in [0.2, 0.25) is 0 Å². The van der Waals surface area contributed by atoms with E-state index in [1.807, 2.05) is 0 Å². The van der Waals surface area contributed by atoms with Gasteiger partial charge in [0.2, 0.25) is 0 Å². The standard InChI is InChI=1S/C10H18.C9H14.C7H15N/c1-9(2,3)7-8-10(4,5)6;1-9(2,3)7-6-8-4-5-8;1-7(2,3)8-5-4-6-8/h1-6H3;8H,4-5H2,1-3H3;4-6H2,1-3H3. The quantitative estimate of drug-likeness (QED) is 0.412. The molecule has 0 aromatic rings. The zero-order chi connectivity index (χ0) is 21.5. The monoisotopic (exact) mass is 373 g/mol. The van der Waals surface area contributed by atoms with Gasteiger partial charge in [0.25, 0.3) is 0 Å². The van der Waals surface area contributed by atoms with Crippen molar-refractivity contribution in [1.29, 1.82) is 0 Å². The number of nitrogens with zero attached hydrogens (tertiary/aromatic N) is 1. The maximum absolute atomic E-state index is 3.25. The lowest BCUT2D eigenvalue weighted by Gasteiger charge is -2.42. The molecule has 0 radical (unpaired) electrons. The highest BCUT2D eigenvalue weighted by Gasteiger charge is 2.25. The van der Waals surface area contributed by atoms with Gasteiger partial charge in [0.15, 0.2) is 0 Å². The minimum Gasteiger partial charge on any atom is -0.298 e. The van der Waals surface area contributed by atoms with Crippen molar-refractivity contribution in [2.24, 2.45) is 22.2 Å². The van der Waals surface area contributed by atoms with Crippen molar-refractivity contribution < 1.29 is 0 Å². The first-order valence-corrected chi connectivity index (χ1v) is 10.7. The molecule has 0 atom stereocenters. The predicted molar refractivity (Wildman–Crippen MR) is 123 cm³/mol. The van der Waals surface area contributed by atoms with Gasteiger partial charge in [-0.3, -0.25) is 4.90 Å². The van der Waals surface area contributed by atoms with Crippen LogP contribution >= 0.6 is 0 Å². The Morgan fingerprint density at radius 3 is 1.11 bits per heavy atom. The van der Waals surface area contributed by atoms with E-state index in [1.165, 1.54) is 32.4 Å². The summed E-state index contributed by atoms with van der Waals surface area (Å²) < 4.78 is 0. The van der Waals surface area contributed by atoms with E-state index in [1.54, 1.807) is 0 Å². The number of hydrogen-bond acceptors (Lipinski definition) is 1. The van der Waals surface area contributed by atoms with Crippen molar-refractivity contribution in [3.05, 3.63) is 0 Å². The van der Waals surface area contributed by atoms with Crippen LogP contribution in [0, 0.1) is 45.8 Å². The van der Waals surface area contributed by atoms with E-state index in [4.69, 9.17) is 0 Å². The zero-order valence-corrected chi connectivity index (χ0v) is 20.6. The first-order valence-electron chi connectivity index (χ1n) is 10.7. The zero-order valence-electron chi connectivity index (χ0n) is 20.6. The third-order valence-corrected chi connectivity index (χ3v) is 3.85. The number of rotatable bonds is 0. The van der Waals surface area contributed by atoms with Gasteiger partial charge < -0.3 is 0 Å². The van der Waals surface area contributed by atoms with E-state index in [0.29, 0.717) is 5.54 Å². The molecule has 156 valence electrons. The molecule has 2 rings (SSSR count). The SMILES string of the molecule is CC(C)(C)C#CC(C)(C)C.CC(C)(C)C#CC1CC1.CC(C)(C)N1CCC1. The second kappa shape index (κ2) is 10.0. The topological polar surface area (TPSA) is 3.24 Å². The smallest absolute Gasteiger partial charge is 0.0230 e. The molecule has 0 N–H and O–H groups in total. The average molecular weight is 374 g/mol. The van der Waals surface area contributed by atoms with Crippen LogP contribution in [0.4, 0.5) is 0 Å². The van der Waals surface area contributed by atoms with Gasteiger partial charge in [0.05, 0.1) is 0 Å². The summed E-state index contributed by atoms with van der Waals surface area (Å²) >= 11 is 0. The molecule has 0 amide bonds. The van der Waals surface area contributed by atoms with Crippen LogP contribution in [-0.2, 0) is 0 Å². The van der Waals surface area contributed by atoms with Gasteiger partial charge in [-0.15, -0.1) is 0 Å². The molecule has 1 nitrogen and oxygen atoms in total. The van der Waals surface area contributed by atoms with Gasteiger partial charge >= 0.3 is 0 Å². The summed E-state index contributed by atoms with van der Waals surface area (Å²) in [5, 5.41) is 0. The molecule has 0 spiro atoms. The lowest BCUT2D eigenvalue weighted by atomic mass is 9.92. The molecule has 1 saturated heterocycles. The molecule has 0 aromatic heterocycles. The fourth-order valence-corrected chi connectivity index (χ4v) is 1.91. The lowest BCUT2D eigenvalue weighted by molar-refractivity contribution is 0.0690. The Bertz CT molecular complexity index is 521. The minimum atomic E-state index is 0.146. The van der Waals surface area contributed by atoms with Crippen LogP contribution in [0.25, 0.3) is 0 Å². The second-order valence-electron chi connectivity index (χ2n) is 12.1. The van der Waals surface area contributed by atoms with Crippen molar-refractivity contribution in [2.45, 2.75) is 108 Å². The highest BCUT2D eigenvalue weighted by Crippen LogP contribution is 2.28. The minimum absolute atomic E-state index is 0.146. The van der Waals surface area contributed by atoms with Gasteiger partial charge in [-0.25, -0.2) is 0 Å². The summed E-state index contributed by atoms with van der Waals surface area (Å²) in [7, 11) is 0. The lowest BCUT2D eigenvalue weighted by Crippen LogP contribution is -2.49. The summed E-state index contributed by atoms with van der Waals surface area (Å²) in [6, 6.07) is 0. The third-order valence-electron chi connectivity index (χ3n) is 3.85. The molecular formula is C26H47N. The Morgan fingerprint density at radius 2 is 0.963 bits per heavy atom. The average Bonchev–Trinajstić information content (AvgIpc) is 3.12. The Balaban J connectivity index is 0.000000377. The van der Waals surface area contributed by atoms with Crippen molar-refractivity contribution >= 4 is 0 Å². The molecular weight excluding hydrogens is 326 g/mol. The van der Waals surface area contributed by atoms with E-state index >= 15 is 0 Å². The first-order chi connectivity index (χ1) is 11.9. The van der Waals surface area contributed by atoms with Crippen LogP contribution in [0.15, 0.2) is 0 Å². The Kier molecular flexibility index (Phi) is 9.69. The Morgan fingerprint density at radius 1 is 0.593 bits per heavy atom. The highest BCUT2D eigenvalue weighted by molar-refractivity contribution is 5.14. The molecule has 1 aliphatic carbocycles. The Hall–Kier alpha value is -0.920. The van der Waals surface area contributed by atoms with Crippen LogP contribution in [-0.4, -0.2) is 23.5 Å². The fourth-order valence-electron chi connectivity index (χ4n) is 1.91. The van der Waals surface area contributed by atoms with E-state index < -0.39 is 0 Å². The molecule has 1 heteroatoms. The van der Waals surface area contributed by atoms with Gasteiger partial charge in [-0.05, 0) is 115 Å². The molecule has 0 bridgehead atoms. The van der Waals surface area contributed by atoms with Gasteiger partial charge in [0.1, 0.15) is 0 Å². The molecule has 2 fully saturated rings. The van der Waals surface area contributed by atoms with Crippen LogP contribution in [0.5, 0.6) is 0 Å². The third kappa shape index (κ3) is 18.2. The van der Waals surface area contributed by atoms with Gasteiger partial charge in [0, 0.05) is 27.7 Å². The number of likely N-dealkylation sites (tertiary alicyclic amines) is 1. The maximum Gasteiger partial charge on any atom is 0.0230 e. The number of hydrogen-bond donors (Lipinski definition) is 0. The molecule has 1 heterocycles. The predicted octanol–water partition coefficient (Wildman–Crippen LogP) is 7.02. The summed E-state index contributed by atoms with van der Waals surface area (Å²) in [4.78, 5) is 2.49. The molecule has 27 heavy (non-hydrogen) atoms. The summed E-state index contributed by atoms with van der Waals surface area (Å²) in [5.41, 5.74) is 0.932. The van der Waals surface area contributed by atoms with E-state index in [9.17, 15) is 0 Å². The molecule has 1 aliphatic heterocycles. The van der Waals surface area contributed by atoms with Gasteiger partial charge in [-0.2, -0.15) is 0 Å². The second-order valence-corrected chi connectivity index (χ2v) is 12.1.